The Morgan fingerprint density at radius 3 is 2.06 bits per heavy atom. The number of ether oxygens (including phenoxy) is 3. The van der Waals surface area contributed by atoms with Crippen LogP contribution in [0.1, 0.15) is 27.2 Å². The number of rotatable bonds is 9. The van der Waals surface area contributed by atoms with Gasteiger partial charge in [-0.25, -0.2) is 5.43 Å². The van der Waals surface area contributed by atoms with E-state index in [1.165, 1.54) is 14.0 Å². The number of nitrogens with one attached hydrogen (secondary N) is 2. The quantitative estimate of drug-likeness (QED) is 0.452. The minimum Gasteiger partial charge on any atom is -0.480 e. The molecule has 0 rings (SSSR count). The Kier molecular flexibility index (Phi) is 6.58. The van der Waals surface area contributed by atoms with Crippen LogP contribution in [0.4, 0.5) is 0 Å². The second-order valence-corrected chi connectivity index (χ2v) is 3.69. The van der Waals surface area contributed by atoms with Crippen molar-refractivity contribution in [3.63, 3.8) is 0 Å². The fraction of sp³-hybridized carbons (Fsp3) is 0.900. The molecule has 17 heavy (non-hydrogen) atoms. The third-order valence-electron chi connectivity index (χ3n) is 2.36. The van der Waals surface area contributed by atoms with Crippen LogP contribution >= 0.6 is 0 Å². The maximum Gasteiger partial charge on any atom is 0.325 e. The summed E-state index contributed by atoms with van der Waals surface area (Å²) < 4.78 is 15.8. The third-order valence-corrected chi connectivity index (χ3v) is 2.36. The summed E-state index contributed by atoms with van der Waals surface area (Å²) in [5, 5.41) is 9.08. The van der Waals surface area contributed by atoms with Gasteiger partial charge in [-0.05, 0) is 20.8 Å². The van der Waals surface area contributed by atoms with Crippen molar-refractivity contribution in [1.82, 2.24) is 11.3 Å². The van der Waals surface area contributed by atoms with Crippen LogP contribution in [0.25, 0.3) is 0 Å². The summed E-state index contributed by atoms with van der Waals surface area (Å²) in [6.45, 7) is 5.48. The van der Waals surface area contributed by atoms with Crippen molar-refractivity contribution in [2.75, 3.05) is 20.3 Å². The van der Waals surface area contributed by atoms with E-state index in [-0.39, 0.29) is 6.42 Å². The standard InChI is InChI=1S/C10H21N2O5/c1-5-16-10(15-4,17-6-2)7-9(3,12-11)8(13)14/h11-12H,5-7H2,1-4H3,(H,13,14)/t9-/m1/s1. The van der Waals surface area contributed by atoms with Crippen LogP contribution < -0.4 is 11.3 Å². The number of carbonyl (C=O) groups is 1. The van der Waals surface area contributed by atoms with Crippen molar-refractivity contribution in [2.24, 2.45) is 0 Å². The number of aliphatic carboxylic acids is 1. The molecular weight excluding hydrogens is 228 g/mol. The molecule has 0 aliphatic carbocycles. The van der Waals surface area contributed by atoms with Crippen LogP contribution in [0.2, 0.25) is 0 Å². The summed E-state index contributed by atoms with van der Waals surface area (Å²) >= 11 is 0. The first kappa shape index (κ1) is 16.3. The van der Waals surface area contributed by atoms with E-state index in [9.17, 15) is 4.79 Å². The van der Waals surface area contributed by atoms with Crippen molar-refractivity contribution in [2.45, 2.75) is 38.7 Å². The zero-order valence-corrected chi connectivity index (χ0v) is 10.7. The van der Waals surface area contributed by atoms with E-state index in [2.05, 4.69) is 0 Å². The Morgan fingerprint density at radius 2 is 1.82 bits per heavy atom. The molecule has 0 aromatic carbocycles. The van der Waals surface area contributed by atoms with Gasteiger partial charge >= 0.3 is 5.97 Å². The van der Waals surface area contributed by atoms with Crippen LogP contribution in [0, 0.1) is 0 Å². The normalized spacial score (nSPS) is 15.6. The van der Waals surface area contributed by atoms with Gasteiger partial charge in [-0.1, -0.05) is 0 Å². The van der Waals surface area contributed by atoms with E-state index in [1.807, 2.05) is 5.43 Å². The topological polar surface area (TPSA) is 101 Å². The van der Waals surface area contributed by atoms with Crippen LogP contribution in [-0.2, 0) is 19.0 Å². The van der Waals surface area contributed by atoms with Gasteiger partial charge in [0.05, 0.1) is 6.42 Å². The van der Waals surface area contributed by atoms with E-state index >= 15 is 0 Å². The van der Waals surface area contributed by atoms with Crippen molar-refractivity contribution in [3.8, 4) is 0 Å². The van der Waals surface area contributed by atoms with Gasteiger partial charge in [-0.3, -0.25) is 4.79 Å². The van der Waals surface area contributed by atoms with Gasteiger partial charge in [0.2, 0.25) is 0 Å². The molecule has 1 atom stereocenters. The zero-order valence-electron chi connectivity index (χ0n) is 10.7. The smallest absolute Gasteiger partial charge is 0.325 e. The Morgan fingerprint density at radius 1 is 1.35 bits per heavy atom. The molecule has 0 aliphatic heterocycles. The lowest BCUT2D eigenvalue weighted by molar-refractivity contribution is -0.376. The molecule has 0 saturated carbocycles. The Labute approximate surface area is 101 Å². The van der Waals surface area contributed by atoms with E-state index < -0.39 is 17.5 Å². The average Bonchev–Trinajstić information content (AvgIpc) is 2.29. The Bertz CT molecular complexity index is 243. The molecule has 0 aromatic rings. The lowest BCUT2D eigenvalue weighted by atomic mass is 9.97. The van der Waals surface area contributed by atoms with Crippen molar-refractivity contribution in [1.29, 1.82) is 0 Å². The molecule has 3 N–H and O–H groups in total. The molecule has 0 spiro atoms. The van der Waals surface area contributed by atoms with E-state index in [1.54, 1.807) is 13.8 Å². The Hall–Kier alpha value is -0.730. The Balaban J connectivity index is 4.99. The first-order valence-electron chi connectivity index (χ1n) is 5.40. The second-order valence-electron chi connectivity index (χ2n) is 3.69. The van der Waals surface area contributed by atoms with Gasteiger partial charge in [0, 0.05) is 20.3 Å². The summed E-state index contributed by atoms with van der Waals surface area (Å²) in [5.74, 6) is 4.48. The van der Waals surface area contributed by atoms with Gasteiger partial charge in [0.25, 0.3) is 5.97 Å². The lowest BCUT2D eigenvalue weighted by Crippen LogP contribution is -2.56. The SMILES string of the molecule is CCOC(C[C@@](C)(N[NH])C(=O)O)(OC)OCC. The van der Waals surface area contributed by atoms with Crippen LogP contribution in [-0.4, -0.2) is 42.9 Å². The van der Waals surface area contributed by atoms with Crippen molar-refractivity contribution >= 4 is 5.97 Å². The molecular formula is C10H21N2O5. The van der Waals surface area contributed by atoms with E-state index in [0.29, 0.717) is 13.2 Å². The van der Waals surface area contributed by atoms with Crippen LogP contribution in [0.3, 0.4) is 0 Å². The summed E-state index contributed by atoms with van der Waals surface area (Å²) in [6, 6.07) is 0. The van der Waals surface area contributed by atoms with Gasteiger partial charge in [-0.15, -0.1) is 0 Å². The molecule has 7 heteroatoms. The molecule has 0 unspecified atom stereocenters. The minimum absolute atomic E-state index is 0.142. The molecule has 0 aromatic heterocycles. The molecule has 7 nitrogen and oxygen atoms in total. The average molecular weight is 249 g/mol. The van der Waals surface area contributed by atoms with Gasteiger partial charge in [0.1, 0.15) is 5.54 Å². The fourth-order valence-electron chi connectivity index (χ4n) is 1.38. The molecule has 0 saturated heterocycles. The first-order valence-corrected chi connectivity index (χ1v) is 5.40. The monoisotopic (exact) mass is 249 g/mol. The zero-order chi connectivity index (χ0) is 13.5. The van der Waals surface area contributed by atoms with E-state index in [0.717, 1.165) is 0 Å². The lowest BCUT2D eigenvalue weighted by Gasteiger charge is -2.36. The van der Waals surface area contributed by atoms with Gasteiger partial charge in [-0.2, -0.15) is 5.84 Å². The van der Waals surface area contributed by atoms with Crippen molar-refractivity contribution in [3.05, 3.63) is 0 Å². The number of hydrogen-bond donors (Lipinski definition) is 2. The molecule has 1 radical (unpaired) electrons. The highest BCUT2D eigenvalue weighted by Gasteiger charge is 2.45. The van der Waals surface area contributed by atoms with Gasteiger partial charge < -0.3 is 19.3 Å². The first-order chi connectivity index (χ1) is 7.89. The summed E-state index contributed by atoms with van der Waals surface area (Å²) in [4.78, 5) is 11.1. The number of hydrogen-bond acceptors (Lipinski definition) is 5. The maximum absolute atomic E-state index is 11.1. The van der Waals surface area contributed by atoms with E-state index in [4.69, 9.17) is 25.2 Å². The summed E-state index contributed by atoms with van der Waals surface area (Å²) in [7, 11) is 1.37. The largest absolute Gasteiger partial charge is 0.480 e. The highest BCUT2D eigenvalue weighted by Crippen LogP contribution is 2.26. The number of methoxy groups -OCH3 is 1. The molecule has 0 amide bonds. The third kappa shape index (κ3) is 4.21. The maximum atomic E-state index is 11.1. The minimum atomic E-state index is -1.51. The number of carboxylic acid groups (broad SMARTS) is 1. The highest BCUT2D eigenvalue weighted by atomic mass is 16.9. The van der Waals surface area contributed by atoms with Gasteiger partial charge in [0.15, 0.2) is 0 Å². The molecule has 0 bridgehead atoms. The highest BCUT2D eigenvalue weighted by molar-refractivity contribution is 5.78. The summed E-state index contributed by atoms with van der Waals surface area (Å²) in [5.41, 5.74) is 0.481. The molecule has 0 heterocycles. The second kappa shape index (κ2) is 6.87. The van der Waals surface area contributed by atoms with Crippen LogP contribution in [0.5, 0.6) is 0 Å². The predicted octanol–water partition coefficient (Wildman–Crippen LogP) is 0.381. The predicted molar refractivity (Wildman–Crippen MR) is 59.9 cm³/mol. The molecule has 0 aliphatic rings. The molecule has 101 valence electrons. The number of carboxylic acids is 1. The summed E-state index contributed by atoms with van der Waals surface area (Å²) in [6.07, 6.45) is -0.142. The molecule has 0 fully saturated rings. The van der Waals surface area contributed by atoms with Crippen LogP contribution in [0.15, 0.2) is 0 Å². The fourth-order valence-corrected chi connectivity index (χ4v) is 1.38. The van der Waals surface area contributed by atoms with Crippen molar-refractivity contribution < 1.29 is 24.1 Å².